The number of para-hydroxylation sites is 1. The van der Waals surface area contributed by atoms with Crippen molar-refractivity contribution >= 4 is 11.6 Å². The minimum absolute atomic E-state index is 0.259. The van der Waals surface area contributed by atoms with Gasteiger partial charge in [-0.2, -0.15) is 0 Å². The third kappa shape index (κ3) is 5.64. The van der Waals surface area contributed by atoms with Gasteiger partial charge < -0.3 is 10.6 Å². The van der Waals surface area contributed by atoms with Crippen LogP contribution in [0, 0.1) is 0 Å². The lowest BCUT2D eigenvalue weighted by molar-refractivity contribution is -0.131. The van der Waals surface area contributed by atoms with Gasteiger partial charge in [0.2, 0.25) is 5.91 Å². The second-order valence-electron chi connectivity index (χ2n) is 5.29. The van der Waals surface area contributed by atoms with Crippen molar-refractivity contribution in [2.75, 3.05) is 18.8 Å². The standard InChI is InChI=1S/C17H28N2O/c1-3-5-13-19(14-6-4-2)17(20)12-11-15-9-7-8-10-16(15)18/h7-10H,3-6,11-14,18H2,1-2H3. The summed E-state index contributed by atoms with van der Waals surface area (Å²) in [4.78, 5) is 14.3. The Labute approximate surface area is 123 Å². The van der Waals surface area contributed by atoms with E-state index in [1.54, 1.807) is 0 Å². The zero-order valence-corrected chi connectivity index (χ0v) is 12.9. The van der Waals surface area contributed by atoms with Gasteiger partial charge in [0.25, 0.3) is 0 Å². The molecular formula is C17H28N2O. The Balaban J connectivity index is 2.50. The number of amides is 1. The molecule has 3 heteroatoms. The molecule has 0 heterocycles. The quantitative estimate of drug-likeness (QED) is 0.700. The Bertz CT molecular complexity index is 396. The lowest BCUT2D eigenvalue weighted by atomic mass is 10.1. The predicted molar refractivity (Wildman–Crippen MR) is 85.6 cm³/mol. The molecule has 1 aromatic carbocycles. The number of benzene rings is 1. The van der Waals surface area contributed by atoms with Crippen molar-refractivity contribution in [3.05, 3.63) is 29.8 Å². The number of unbranched alkanes of at least 4 members (excludes halogenated alkanes) is 2. The molecule has 1 amide bonds. The third-order valence-corrected chi connectivity index (χ3v) is 3.58. The highest BCUT2D eigenvalue weighted by molar-refractivity contribution is 5.76. The fourth-order valence-electron chi connectivity index (χ4n) is 2.22. The first kappa shape index (κ1) is 16.5. The molecule has 0 fully saturated rings. The Morgan fingerprint density at radius 1 is 1.10 bits per heavy atom. The van der Waals surface area contributed by atoms with E-state index in [1.807, 2.05) is 29.2 Å². The summed E-state index contributed by atoms with van der Waals surface area (Å²) in [7, 11) is 0. The van der Waals surface area contributed by atoms with E-state index < -0.39 is 0 Å². The zero-order chi connectivity index (χ0) is 14.8. The molecular weight excluding hydrogens is 248 g/mol. The Morgan fingerprint density at radius 3 is 2.25 bits per heavy atom. The molecule has 112 valence electrons. The highest BCUT2D eigenvalue weighted by Gasteiger charge is 2.12. The fourth-order valence-corrected chi connectivity index (χ4v) is 2.22. The number of hydrogen-bond donors (Lipinski definition) is 1. The van der Waals surface area contributed by atoms with Crippen LogP contribution >= 0.6 is 0 Å². The second kappa shape index (κ2) is 9.40. The first-order valence-electron chi connectivity index (χ1n) is 7.80. The number of rotatable bonds is 9. The van der Waals surface area contributed by atoms with Gasteiger partial charge in [0.05, 0.1) is 0 Å². The van der Waals surface area contributed by atoms with Crippen LogP contribution in [0.2, 0.25) is 0 Å². The van der Waals surface area contributed by atoms with E-state index >= 15 is 0 Å². The van der Waals surface area contributed by atoms with Gasteiger partial charge in [-0.25, -0.2) is 0 Å². The molecule has 0 aliphatic rings. The van der Waals surface area contributed by atoms with Crippen molar-refractivity contribution < 1.29 is 4.79 Å². The number of carbonyl (C=O) groups excluding carboxylic acids is 1. The summed E-state index contributed by atoms with van der Waals surface area (Å²) >= 11 is 0. The maximum atomic E-state index is 12.3. The molecule has 0 bridgehead atoms. The topological polar surface area (TPSA) is 46.3 Å². The number of aryl methyl sites for hydroxylation is 1. The summed E-state index contributed by atoms with van der Waals surface area (Å²) in [5, 5.41) is 0. The van der Waals surface area contributed by atoms with Gasteiger partial charge in [-0.1, -0.05) is 44.9 Å². The molecule has 0 atom stereocenters. The smallest absolute Gasteiger partial charge is 0.222 e. The molecule has 3 nitrogen and oxygen atoms in total. The molecule has 0 saturated carbocycles. The molecule has 1 rings (SSSR count). The molecule has 0 aliphatic carbocycles. The van der Waals surface area contributed by atoms with Crippen molar-refractivity contribution in [3.63, 3.8) is 0 Å². The number of anilines is 1. The highest BCUT2D eigenvalue weighted by Crippen LogP contribution is 2.13. The van der Waals surface area contributed by atoms with E-state index in [-0.39, 0.29) is 5.91 Å². The number of carbonyl (C=O) groups is 1. The Morgan fingerprint density at radius 2 is 1.70 bits per heavy atom. The van der Waals surface area contributed by atoms with Crippen molar-refractivity contribution in [1.82, 2.24) is 4.90 Å². The van der Waals surface area contributed by atoms with E-state index in [1.165, 1.54) is 0 Å². The van der Waals surface area contributed by atoms with Crippen LogP contribution in [0.5, 0.6) is 0 Å². The van der Waals surface area contributed by atoms with E-state index in [0.717, 1.165) is 56.4 Å². The molecule has 0 aromatic heterocycles. The highest BCUT2D eigenvalue weighted by atomic mass is 16.2. The van der Waals surface area contributed by atoms with Crippen LogP contribution in [0.3, 0.4) is 0 Å². The summed E-state index contributed by atoms with van der Waals surface area (Å²) in [6, 6.07) is 7.80. The maximum Gasteiger partial charge on any atom is 0.222 e. The predicted octanol–water partition coefficient (Wildman–Crippen LogP) is 3.63. The molecule has 0 aliphatic heterocycles. The van der Waals surface area contributed by atoms with Gasteiger partial charge in [-0.05, 0) is 30.9 Å². The van der Waals surface area contributed by atoms with Crippen LogP contribution in [0.25, 0.3) is 0 Å². The molecule has 0 saturated heterocycles. The van der Waals surface area contributed by atoms with Crippen molar-refractivity contribution in [3.8, 4) is 0 Å². The minimum atomic E-state index is 0.259. The van der Waals surface area contributed by atoms with Crippen LogP contribution in [-0.2, 0) is 11.2 Å². The van der Waals surface area contributed by atoms with Gasteiger partial charge in [0.1, 0.15) is 0 Å². The van der Waals surface area contributed by atoms with Crippen molar-refractivity contribution in [2.45, 2.75) is 52.4 Å². The summed E-state index contributed by atoms with van der Waals surface area (Å²) in [5.41, 5.74) is 7.78. The van der Waals surface area contributed by atoms with Crippen LogP contribution in [-0.4, -0.2) is 23.9 Å². The number of nitrogens with zero attached hydrogens (tertiary/aromatic N) is 1. The third-order valence-electron chi connectivity index (χ3n) is 3.58. The van der Waals surface area contributed by atoms with E-state index in [0.29, 0.717) is 6.42 Å². The summed E-state index contributed by atoms with van der Waals surface area (Å²) in [6.45, 7) is 6.10. The van der Waals surface area contributed by atoms with Crippen molar-refractivity contribution in [1.29, 1.82) is 0 Å². The molecule has 2 N–H and O–H groups in total. The average molecular weight is 276 g/mol. The molecule has 20 heavy (non-hydrogen) atoms. The lowest BCUT2D eigenvalue weighted by Gasteiger charge is -2.22. The van der Waals surface area contributed by atoms with Crippen molar-refractivity contribution in [2.24, 2.45) is 0 Å². The van der Waals surface area contributed by atoms with Crippen LogP contribution < -0.4 is 5.73 Å². The molecule has 0 unspecified atom stereocenters. The van der Waals surface area contributed by atoms with Gasteiger partial charge in [-0.15, -0.1) is 0 Å². The monoisotopic (exact) mass is 276 g/mol. The summed E-state index contributed by atoms with van der Waals surface area (Å²) in [5.74, 6) is 0.259. The van der Waals surface area contributed by atoms with Crippen LogP contribution in [0.4, 0.5) is 5.69 Å². The zero-order valence-electron chi connectivity index (χ0n) is 12.9. The maximum absolute atomic E-state index is 12.3. The summed E-state index contributed by atoms with van der Waals surface area (Å²) in [6.07, 6.45) is 5.72. The Kier molecular flexibility index (Phi) is 7.78. The van der Waals surface area contributed by atoms with E-state index in [4.69, 9.17) is 5.73 Å². The average Bonchev–Trinajstić information content (AvgIpc) is 2.46. The van der Waals surface area contributed by atoms with E-state index in [9.17, 15) is 4.79 Å². The van der Waals surface area contributed by atoms with Gasteiger partial charge in [0, 0.05) is 25.2 Å². The number of nitrogens with two attached hydrogens (primary N) is 1. The largest absolute Gasteiger partial charge is 0.399 e. The molecule has 0 radical (unpaired) electrons. The normalized spacial score (nSPS) is 10.5. The van der Waals surface area contributed by atoms with E-state index in [2.05, 4.69) is 13.8 Å². The van der Waals surface area contributed by atoms with Gasteiger partial charge in [-0.3, -0.25) is 4.79 Å². The van der Waals surface area contributed by atoms with Gasteiger partial charge in [0.15, 0.2) is 0 Å². The van der Waals surface area contributed by atoms with Crippen LogP contribution in [0.1, 0.15) is 51.5 Å². The number of nitrogen functional groups attached to an aromatic ring is 1. The first-order valence-corrected chi connectivity index (χ1v) is 7.80. The molecule has 1 aromatic rings. The first-order chi connectivity index (χ1) is 9.69. The SMILES string of the molecule is CCCCN(CCCC)C(=O)CCc1ccccc1N. The molecule has 0 spiro atoms. The second-order valence-corrected chi connectivity index (χ2v) is 5.29. The minimum Gasteiger partial charge on any atom is -0.399 e. The Hall–Kier alpha value is -1.51. The van der Waals surface area contributed by atoms with Gasteiger partial charge >= 0.3 is 0 Å². The summed E-state index contributed by atoms with van der Waals surface area (Å²) < 4.78 is 0. The fraction of sp³-hybridized carbons (Fsp3) is 0.588. The van der Waals surface area contributed by atoms with Crippen LogP contribution in [0.15, 0.2) is 24.3 Å². The number of hydrogen-bond acceptors (Lipinski definition) is 2. The lowest BCUT2D eigenvalue weighted by Crippen LogP contribution is -2.33.